The van der Waals surface area contributed by atoms with Crippen molar-refractivity contribution in [3.8, 4) is 5.75 Å². The number of likely N-dealkylation sites (tertiary alicyclic amines) is 1. The number of halogens is 1. The molecule has 136 valence electrons. The summed E-state index contributed by atoms with van der Waals surface area (Å²) in [6.07, 6.45) is 1.08. The standard InChI is InChI=1S/C20H21ClN2O3/c1-26-16-8-6-14(7-9-16)10-11-23-13-15(12-19(23)24)22-20(25)17-4-2-3-5-18(17)21/h2-9,15H,10-13H2,1H3,(H,22,25)/t15-/m1/s1. The normalized spacial score (nSPS) is 16.6. The Labute approximate surface area is 157 Å². The van der Waals surface area contributed by atoms with Gasteiger partial charge in [0.2, 0.25) is 5.91 Å². The van der Waals surface area contributed by atoms with Gasteiger partial charge in [-0.25, -0.2) is 0 Å². The van der Waals surface area contributed by atoms with Gasteiger partial charge in [0.1, 0.15) is 5.75 Å². The lowest BCUT2D eigenvalue weighted by molar-refractivity contribution is -0.127. The highest BCUT2D eigenvalue weighted by Gasteiger charge is 2.30. The van der Waals surface area contributed by atoms with E-state index in [0.717, 1.165) is 17.7 Å². The van der Waals surface area contributed by atoms with Crippen molar-refractivity contribution in [2.45, 2.75) is 18.9 Å². The molecule has 0 spiro atoms. The molecule has 0 bridgehead atoms. The van der Waals surface area contributed by atoms with Gasteiger partial charge in [0, 0.05) is 19.5 Å². The molecule has 1 fully saturated rings. The van der Waals surface area contributed by atoms with Gasteiger partial charge < -0.3 is 15.0 Å². The molecule has 0 radical (unpaired) electrons. The summed E-state index contributed by atoms with van der Waals surface area (Å²) >= 11 is 6.05. The van der Waals surface area contributed by atoms with Crippen LogP contribution in [0.1, 0.15) is 22.3 Å². The summed E-state index contributed by atoms with van der Waals surface area (Å²) in [7, 11) is 1.63. The van der Waals surface area contributed by atoms with Crippen molar-refractivity contribution in [2.24, 2.45) is 0 Å². The molecule has 0 aromatic heterocycles. The van der Waals surface area contributed by atoms with Crippen LogP contribution < -0.4 is 10.1 Å². The van der Waals surface area contributed by atoms with Gasteiger partial charge in [-0.3, -0.25) is 9.59 Å². The highest BCUT2D eigenvalue weighted by molar-refractivity contribution is 6.33. The van der Waals surface area contributed by atoms with E-state index in [-0.39, 0.29) is 17.9 Å². The minimum atomic E-state index is -0.245. The lowest BCUT2D eigenvalue weighted by Crippen LogP contribution is -2.37. The lowest BCUT2D eigenvalue weighted by Gasteiger charge is -2.17. The number of hydrogen-bond acceptors (Lipinski definition) is 3. The first-order valence-electron chi connectivity index (χ1n) is 8.53. The zero-order valence-electron chi connectivity index (χ0n) is 14.6. The quantitative estimate of drug-likeness (QED) is 0.848. The molecular weight excluding hydrogens is 352 g/mol. The number of amides is 2. The number of carbonyl (C=O) groups excluding carboxylic acids is 2. The molecule has 1 aliphatic rings. The first kappa shape index (κ1) is 18.3. The summed E-state index contributed by atoms with van der Waals surface area (Å²) in [4.78, 5) is 26.4. The van der Waals surface area contributed by atoms with Gasteiger partial charge >= 0.3 is 0 Å². The topological polar surface area (TPSA) is 58.6 Å². The average Bonchev–Trinajstić information content (AvgIpc) is 2.99. The molecule has 3 rings (SSSR count). The van der Waals surface area contributed by atoms with E-state index >= 15 is 0 Å². The molecule has 0 unspecified atom stereocenters. The van der Waals surface area contributed by atoms with E-state index in [1.807, 2.05) is 24.3 Å². The van der Waals surface area contributed by atoms with Crippen LogP contribution in [0.2, 0.25) is 5.02 Å². The van der Waals surface area contributed by atoms with E-state index < -0.39 is 0 Å². The number of ether oxygens (including phenoxy) is 1. The number of carbonyl (C=O) groups is 2. The van der Waals surface area contributed by atoms with Gasteiger partial charge in [0.15, 0.2) is 0 Å². The zero-order valence-corrected chi connectivity index (χ0v) is 15.3. The summed E-state index contributed by atoms with van der Waals surface area (Å²) in [5.41, 5.74) is 1.57. The predicted molar refractivity (Wildman–Crippen MR) is 101 cm³/mol. The SMILES string of the molecule is COc1ccc(CCN2C[C@H](NC(=O)c3ccccc3Cl)CC2=O)cc1. The van der Waals surface area contributed by atoms with E-state index in [9.17, 15) is 9.59 Å². The van der Waals surface area contributed by atoms with Crippen molar-refractivity contribution in [3.63, 3.8) is 0 Å². The molecule has 0 aliphatic carbocycles. The van der Waals surface area contributed by atoms with Gasteiger partial charge in [0.25, 0.3) is 5.91 Å². The van der Waals surface area contributed by atoms with Crippen LogP contribution in [-0.2, 0) is 11.2 Å². The van der Waals surface area contributed by atoms with Gasteiger partial charge in [0.05, 0.1) is 23.7 Å². The molecule has 1 N–H and O–H groups in total. The minimum absolute atomic E-state index is 0.0583. The van der Waals surface area contributed by atoms with E-state index in [1.165, 1.54) is 0 Å². The maximum absolute atomic E-state index is 12.3. The molecule has 5 nitrogen and oxygen atoms in total. The van der Waals surface area contributed by atoms with E-state index in [2.05, 4.69) is 5.32 Å². The molecule has 1 atom stereocenters. The second kappa shape index (κ2) is 8.23. The first-order chi connectivity index (χ1) is 12.6. The molecule has 26 heavy (non-hydrogen) atoms. The molecule has 6 heteroatoms. The zero-order chi connectivity index (χ0) is 18.5. The second-order valence-electron chi connectivity index (χ2n) is 6.29. The van der Waals surface area contributed by atoms with Crippen LogP contribution >= 0.6 is 11.6 Å². The number of benzene rings is 2. The molecule has 1 aliphatic heterocycles. The van der Waals surface area contributed by atoms with Crippen molar-refractivity contribution < 1.29 is 14.3 Å². The molecule has 1 saturated heterocycles. The molecule has 2 aromatic carbocycles. The third-order valence-electron chi connectivity index (χ3n) is 4.50. The number of nitrogens with one attached hydrogen (secondary N) is 1. The summed E-state index contributed by atoms with van der Waals surface area (Å²) in [5.74, 6) is 0.627. The summed E-state index contributed by atoms with van der Waals surface area (Å²) in [6, 6.07) is 14.5. The van der Waals surface area contributed by atoms with Crippen molar-refractivity contribution >= 4 is 23.4 Å². The number of rotatable bonds is 6. The summed E-state index contributed by atoms with van der Waals surface area (Å²) in [6.45, 7) is 1.15. The van der Waals surface area contributed by atoms with Crippen LogP contribution in [0.25, 0.3) is 0 Å². The Hall–Kier alpha value is -2.53. The van der Waals surface area contributed by atoms with Crippen LogP contribution in [0.15, 0.2) is 48.5 Å². The Morgan fingerprint density at radius 1 is 1.23 bits per heavy atom. The Balaban J connectivity index is 1.53. The smallest absolute Gasteiger partial charge is 0.253 e. The van der Waals surface area contributed by atoms with Gasteiger partial charge in [-0.2, -0.15) is 0 Å². The maximum atomic E-state index is 12.3. The van der Waals surface area contributed by atoms with Crippen molar-refractivity contribution in [3.05, 3.63) is 64.7 Å². The molecule has 2 aromatic rings. The number of nitrogens with zero attached hydrogens (tertiary/aromatic N) is 1. The third-order valence-corrected chi connectivity index (χ3v) is 4.83. The van der Waals surface area contributed by atoms with Crippen molar-refractivity contribution in [2.75, 3.05) is 20.2 Å². The van der Waals surface area contributed by atoms with Crippen LogP contribution in [0.4, 0.5) is 0 Å². The highest BCUT2D eigenvalue weighted by Crippen LogP contribution is 2.18. The third kappa shape index (κ3) is 4.35. The van der Waals surface area contributed by atoms with E-state index in [1.54, 1.807) is 36.3 Å². The fourth-order valence-corrected chi connectivity index (χ4v) is 3.27. The largest absolute Gasteiger partial charge is 0.497 e. The Bertz CT molecular complexity index is 792. The van der Waals surface area contributed by atoms with E-state index in [0.29, 0.717) is 30.1 Å². The monoisotopic (exact) mass is 372 g/mol. The predicted octanol–water partition coefficient (Wildman–Crippen LogP) is 2.92. The Kier molecular flexibility index (Phi) is 5.78. The van der Waals surface area contributed by atoms with Crippen LogP contribution in [0, 0.1) is 0 Å². The summed E-state index contributed by atoms with van der Waals surface area (Å²) in [5, 5.41) is 3.32. The van der Waals surface area contributed by atoms with Crippen molar-refractivity contribution in [1.82, 2.24) is 10.2 Å². The van der Waals surface area contributed by atoms with E-state index in [4.69, 9.17) is 16.3 Å². The van der Waals surface area contributed by atoms with Crippen LogP contribution in [0.5, 0.6) is 5.75 Å². The fourth-order valence-electron chi connectivity index (χ4n) is 3.05. The fraction of sp³-hybridized carbons (Fsp3) is 0.300. The highest BCUT2D eigenvalue weighted by atomic mass is 35.5. The van der Waals surface area contributed by atoms with Crippen LogP contribution in [0.3, 0.4) is 0 Å². The second-order valence-corrected chi connectivity index (χ2v) is 6.70. The first-order valence-corrected chi connectivity index (χ1v) is 8.90. The van der Waals surface area contributed by atoms with Crippen molar-refractivity contribution in [1.29, 1.82) is 0 Å². The lowest BCUT2D eigenvalue weighted by atomic mass is 10.1. The molecule has 2 amide bonds. The molecule has 1 heterocycles. The summed E-state index contributed by atoms with van der Waals surface area (Å²) < 4.78 is 5.15. The van der Waals surface area contributed by atoms with Gasteiger partial charge in [-0.05, 0) is 36.2 Å². The maximum Gasteiger partial charge on any atom is 0.253 e. The Morgan fingerprint density at radius 2 is 1.96 bits per heavy atom. The minimum Gasteiger partial charge on any atom is -0.497 e. The number of methoxy groups -OCH3 is 1. The molecular formula is C20H21ClN2O3. The number of hydrogen-bond donors (Lipinski definition) is 1. The average molecular weight is 373 g/mol. The van der Waals surface area contributed by atoms with Gasteiger partial charge in [-0.15, -0.1) is 0 Å². The van der Waals surface area contributed by atoms with Gasteiger partial charge in [-0.1, -0.05) is 35.9 Å². The molecule has 0 saturated carbocycles. The Morgan fingerprint density at radius 3 is 2.65 bits per heavy atom. The van der Waals surface area contributed by atoms with Crippen LogP contribution in [-0.4, -0.2) is 43.0 Å².